The van der Waals surface area contributed by atoms with Gasteiger partial charge in [0.2, 0.25) is 5.88 Å². The van der Waals surface area contributed by atoms with Crippen molar-refractivity contribution in [1.29, 1.82) is 0 Å². The second-order valence-electron chi connectivity index (χ2n) is 3.11. The molecule has 14 heavy (non-hydrogen) atoms. The molecule has 1 heterocycles. The summed E-state index contributed by atoms with van der Waals surface area (Å²) in [7, 11) is 0. The van der Waals surface area contributed by atoms with Crippen LogP contribution in [0.15, 0.2) is 16.7 Å². The SMILES string of the molecule is CCCCCOc1ncc(N)cc1Br. The number of nitrogen functional groups attached to an aromatic ring is 1. The van der Waals surface area contributed by atoms with Gasteiger partial charge in [-0.05, 0) is 28.4 Å². The summed E-state index contributed by atoms with van der Waals surface area (Å²) in [5.41, 5.74) is 6.19. The zero-order chi connectivity index (χ0) is 10.4. The van der Waals surface area contributed by atoms with Crippen LogP contribution < -0.4 is 10.5 Å². The first-order valence-electron chi connectivity index (χ1n) is 4.78. The Morgan fingerprint density at radius 1 is 1.50 bits per heavy atom. The lowest BCUT2D eigenvalue weighted by molar-refractivity contribution is 0.293. The molecule has 0 amide bonds. The number of aromatic nitrogens is 1. The molecule has 1 aromatic rings. The third-order valence-electron chi connectivity index (χ3n) is 1.82. The van der Waals surface area contributed by atoms with E-state index < -0.39 is 0 Å². The minimum Gasteiger partial charge on any atom is -0.477 e. The topological polar surface area (TPSA) is 48.1 Å². The van der Waals surface area contributed by atoms with Crippen LogP contribution in [0.5, 0.6) is 5.88 Å². The Bertz CT molecular complexity index is 291. The van der Waals surface area contributed by atoms with E-state index in [0.29, 0.717) is 18.2 Å². The molecule has 0 bridgehead atoms. The second-order valence-corrected chi connectivity index (χ2v) is 3.97. The number of hydrogen-bond donors (Lipinski definition) is 1. The normalized spacial score (nSPS) is 10.1. The molecular formula is C10H15BrN2O. The van der Waals surface area contributed by atoms with E-state index in [4.69, 9.17) is 10.5 Å². The molecule has 3 nitrogen and oxygen atoms in total. The molecule has 0 aromatic carbocycles. The highest BCUT2D eigenvalue weighted by molar-refractivity contribution is 9.10. The van der Waals surface area contributed by atoms with Gasteiger partial charge in [-0.2, -0.15) is 0 Å². The zero-order valence-corrected chi connectivity index (χ0v) is 9.88. The zero-order valence-electron chi connectivity index (χ0n) is 8.29. The van der Waals surface area contributed by atoms with Crippen molar-refractivity contribution in [3.63, 3.8) is 0 Å². The Balaban J connectivity index is 2.42. The first kappa shape index (κ1) is 11.3. The largest absolute Gasteiger partial charge is 0.477 e. The maximum absolute atomic E-state index is 5.56. The van der Waals surface area contributed by atoms with Gasteiger partial charge in [-0.3, -0.25) is 0 Å². The fourth-order valence-corrected chi connectivity index (χ4v) is 1.55. The Kier molecular flexibility index (Phi) is 4.73. The van der Waals surface area contributed by atoms with Crippen LogP contribution >= 0.6 is 15.9 Å². The third-order valence-corrected chi connectivity index (χ3v) is 2.38. The fraction of sp³-hybridized carbons (Fsp3) is 0.500. The molecule has 1 rings (SSSR count). The number of rotatable bonds is 5. The van der Waals surface area contributed by atoms with E-state index in [1.54, 1.807) is 12.3 Å². The number of nitrogens with zero attached hydrogens (tertiary/aromatic N) is 1. The molecule has 0 spiro atoms. The lowest BCUT2D eigenvalue weighted by Crippen LogP contribution is -2.00. The van der Waals surface area contributed by atoms with Gasteiger partial charge >= 0.3 is 0 Å². The molecule has 2 N–H and O–H groups in total. The van der Waals surface area contributed by atoms with Crippen LogP contribution in [-0.2, 0) is 0 Å². The van der Waals surface area contributed by atoms with E-state index in [0.717, 1.165) is 10.9 Å². The highest BCUT2D eigenvalue weighted by Gasteiger charge is 2.02. The predicted molar refractivity (Wildman–Crippen MR) is 61.4 cm³/mol. The number of unbranched alkanes of at least 4 members (excludes halogenated alkanes) is 2. The number of hydrogen-bond acceptors (Lipinski definition) is 3. The van der Waals surface area contributed by atoms with Crippen LogP contribution in [0.1, 0.15) is 26.2 Å². The van der Waals surface area contributed by atoms with Gasteiger partial charge in [-0.25, -0.2) is 4.98 Å². The van der Waals surface area contributed by atoms with Crippen molar-refractivity contribution in [2.75, 3.05) is 12.3 Å². The summed E-state index contributed by atoms with van der Waals surface area (Å²) in [6.45, 7) is 2.88. The lowest BCUT2D eigenvalue weighted by atomic mass is 10.3. The Morgan fingerprint density at radius 3 is 2.93 bits per heavy atom. The number of ether oxygens (including phenoxy) is 1. The average Bonchev–Trinajstić information content (AvgIpc) is 2.15. The second kappa shape index (κ2) is 5.86. The molecule has 78 valence electrons. The quantitative estimate of drug-likeness (QED) is 0.827. The molecule has 0 fully saturated rings. The van der Waals surface area contributed by atoms with E-state index in [-0.39, 0.29) is 0 Å². The average molecular weight is 259 g/mol. The summed E-state index contributed by atoms with van der Waals surface area (Å²) in [6, 6.07) is 1.79. The van der Waals surface area contributed by atoms with E-state index in [9.17, 15) is 0 Å². The van der Waals surface area contributed by atoms with Crippen LogP contribution in [0, 0.1) is 0 Å². The maximum atomic E-state index is 5.56. The first-order valence-corrected chi connectivity index (χ1v) is 5.57. The molecule has 0 atom stereocenters. The van der Waals surface area contributed by atoms with Gasteiger partial charge in [-0.15, -0.1) is 0 Å². The van der Waals surface area contributed by atoms with Gasteiger partial charge in [0.15, 0.2) is 0 Å². The summed E-state index contributed by atoms with van der Waals surface area (Å²) in [5.74, 6) is 0.621. The number of nitrogens with two attached hydrogens (primary N) is 1. The van der Waals surface area contributed by atoms with Crippen LogP contribution in [0.3, 0.4) is 0 Å². The van der Waals surface area contributed by atoms with Gasteiger partial charge in [0, 0.05) is 0 Å². The molecule has 0 radical (unpaired) electrons. The molecular weight excluding hydrogens is 244 g/mol. The van der Waals surface area contributed by atoms with Crippen LogP contribution in [0.4, 0.5) is 5.69 Å². The third kappa shape index (κ3) is 3.54. The first-order chi connectivity index (χ1) is 6.74. The Hall–Kier alpha value is -0.770. The van der Waals surface area contributed by atoms with Crippen molar-refractivity contribution in [1.82, 2.24) is 4.98 Å². The summed E-state index contributed by atoms with van der Waals surface area (Å²) < 4.78 is 6.29. The smallest absolute Gasteiger partial charge is 0.228 e. The summed E-state index contributed by atoms with van der Waals surface area (Å²) >= 11 is 3.35. The van der Waals surface area contributed by atoms with Gasteiger partial charge in [-0.1, -0.05) is 19.8 Å². The highest BCUT2D eigenvalue weighted by atomic mass is 79.9. The van der Waals surface area contributed by atoms with E-state index in [1.807, 2.05) is 0 Å². The summed E-state index contributed by atoms with van der Waals surface area (Å²) in [4.78, 5) is 4.08. The fourth-order valence-electron chi connectivity index (χ4n) is 1.07. The predicted octanol–water partition coefficient (Wildman–Crippen LogP) is 3.00. The molecule has 0 aliphatic heterocycles. The van der Waals surface area contributed by atoms with Gasteiger partial charge in [0.1, 0.15) is 0 Å². The molecule has 0 saturated heterocycles. The molecule has 0 aliphatic rings. The van der Waals surface area contributed by atoms with Crippen molar-refractivity contribution >= 4 is 21.6 Å². The number of anilines is 1. The van der Waals surface area contributed by atoms with E-state index >= 15 is 0 Å². The maximum Gasteiger partial charge on any atom is 0.228 e. The molecule has 0 aliphatic carbocycles. The molecule has 4 heteroatoms. The standard InChI is InChI=1S/C10H15BrN2O/c1-2-3-4-5-14-10-9(11)6-8(12)7-13-10/h6-7H,2-5,12H2,1H3. The molecule has 0 saturated carbocycles. The van der Waals surface area contributed by atoms with Crippen LogP contribution in [0.25, 0.3) is 0 Å². The van der Waals surface area contributed by atoms with Gasteiger partial charge in [0.25, 0.3) is 0 Å². The Morgan fingerprint density at radius 2 is 2.29 bits per heavy atom. The van der Waals surface area contributed by atoms with E-state index in [1.165, 1.54) is 12.8 Å². The van der Waals surface area contributed by atoms with Crippen molar-refractivity contribution < 1.29 is 4.74 Å². The minimum absolute atomic E-state index is 0.621. The van der Waals surface area contributed by atoms with Crippen LogP contribution in [-0.4, -0.2) is 11.6 Å². The van der Waals surface area contributed by atoms with Crippen molar-refractivity contribution in [2.45, 2.75) is 26.2 Å². The Labute approximate surface area is 92.8 Å². The van der Waals surface area contributed by atoms with E-state index in [2.05, 4.69) is 27.8 Å². The molecule has 0 unspecified atom stereocenters. The van der Waals surface area contributed by atoms with Crippen molar-refractivity contribution in [3.05, 3.63) is 16.7 Å². The number of halogens is 1. The van der Waals surface area contributed by atoms with Crippen molar-refractivity contribution in [3.8, 4) is 5.88 Å². The van der Waals surface area contributed by atoms with Gasteiger partial charge in [0.05, 0.1) is 23.0 Å². The van der Waals surface area contributed by atoms with Gasteiger partial charge < -0.3 is 10.5 Å². The van der Waals surface area contributed by atoms with Crippen molar-refractivity contribution in [2.24, 2.45) is 0 Å². The lowest BCUT2D eigenvalue weighted by Gasteiger charge is -2.06. The summed E-state index contributed by atoms with van der Waals surface area (Å²) in [5, 5.41) is 0. The molecule has 1 aromatic heterocycles. The monoisotopic (exact) mass is 258 g/mol. The highest BCUT2D eigenvalue weighted by Crippen LogP contribution is 2.23. The van der Waals surface area contributed by atoms with Crippen LogP contribution in [0.2, 0.25) is 0 Å². The number of pyridine rings is 1. The minimum atomic E-state index is 0.621. The summed E-state index contributed by atoms with van der Waals surface area (Å²) in [6.07, 6.45) is 5.04.